The molecule has 0 bridgehead atoms. The molecule has 0 fully saturated rings. The molecule has 5 heteroatoms. The number of hydrogen-bond donors (Lipinski definition) is 0. The van der Waals surface area contributed by atoms with Gasteiger partial charge < -0.3 is 0 Å². The van der Waals surface area contributed by atoms with Gasteiger partial charge in [-0.25, -0.2) is 0 Å². The van der Waals surface area contributed by atoms with Crippen LogP contribution in [0, 0.1) is 0 Å². The van der Waals surface area contributed by atoms with E-state index in [4.69, 9.17) is 11.6 Å². The van der Waals surface area contributed by atoms with Crippen molar-refractivity contribution >= 4 is 23.5 Å². The average molecular weight is 247 g/mol. The molecule has 0 N–H and O–H groups in total. The molecule has 0 saturated carbocycles. The fourth-order valence-electron chi connectivity index (χ4n) is 1.63. The Hall–Kier alpha value is -1.29. The molecule has 1 aromatic rings. The highest BCUT2D eigenvalue weighted by atomic mass is 35.5. The van der Waals surface area contributed by atoms with Crippen molar-refractivity contribution < 1.29 is 18.0 Å². The number of alkyl halides is 3. The zero-order valence-electron chi connectivity index (χ0n) is 7.94. The maximum atomic E-state index is 12.5. The first kappa shape index (κ1) is 11.2. The summed E-state index contributed by atoms with van der Waals surface area (Å²) in [6, 6.07) is 4.71. The lowest BCUT2D eigenvalue weighted by atomic mass is 9.91. The van der Waals surface area contributed by atoms with Crippen LogP contribution in [-0.2, 0) is 11.2 Å². The minimum Gasteiger partial charge on any atom is -0.294 e. The van der Waals surface area contributed by atoms with Crippen molar-refractivity contribution in [3.8, 4) is 0 Å². The van der Waals surface area contributed by atoms with Crippen molar-refractivity contribution in [3.05, 3.63) is 39.9 Å². The van der Waals surface area contributed by atoms with Crippen molar-refractivity contribution in [1.82, 2.24) is 0 Å². The van der Waals surface area contributed by atoms with Crippen molar-refractivity contribution in [2.75, 3.05) is 0 Å². The van der Waals surface area contributed by atoms with Crippen LogP contribution >= 0.6 is 11.6 Å². The Morgan fingerprint density at radius 1 is 1.25 bits per heavy atom. The second-order valence-electron chi connectivity index (χ2n) is 3.47. The summed E-state index contributed by atoms with van der Waals surface area (Å²) >= 11 is 5.78. The SMILES string of the molecule is O=C1Cc2cccc(Cl)c2C=C1C(F)(F)F. The van der Waals surface area contributed by atoms with Gasteiger partial charge in [0.25, 0.3) is 0 Å². The third-order valence-electron chi connectivity index (χ3n) is 2.39. The van der Waals surface area contributed by atoms with Gasteiger partial charge in [0, 0.05) is 11.4 Å². The molecule has 1 aromatic carbocycles. The second-order valence-corrected chi connectivity index (χ2v) is 3.88. The van der Waals surface area contributed by atoms with Gasteiger partial charge in [0.05, 0.1) is 5.57 Å². The molecule has 0 unspecified atom stereocenters. The Labute approximate surface area is 94.5 Å². The number of carbonyl (C=O) groups is 1. The minimum absolute atomic E-state index is 0.228. The molecule has 16 heavy (non-hydrogen) atoms. The monoisotopic (exact) mass is 246 g/mol. The lowest BCUT2D eigenvalue weighted by molar-refractivity contribution is -0.128. The van der Waals surface area contributed by atoms with Crippen molar-refractivity contribution in [2.24, 2.45) is 0 Å². The molecule has 0 aromatic heterocycles. The molecule has 0 aliphatic heterocycles. The summed E-state index contributed by atoms with van der Waals surface area (Å²) in [5.41, 5.74) is -0.310. The van der Waals surface area contributed by atoms with E-state index in [2.05, 4.69) is 0 Å². The van der Waals surface area contributed by atoms with Crippen LogP contribution in [0.2, 0.25) is 5.02 Å². The van der Waals surface area contributed by atoms with Crippen LogP contribution in [0.25, 0.3) is 6.08 Å². The predicted octanol–water partition coefficient (Wildman–Crippen LogP) is 3.41. The molecule has 0 heterocycles. The van der Waals surface area contributed by atoms with E-state index in [1.807, 2.05) is 0 Å². The molecule has 2 rings (SSSR count). The van der Waals surface area contributed by atoms with Crippen molar-refractivity contribution in [2.45, 2.75) is 12.6 Å². The molecule has 84 valence electrons. The first-order valence-electron chi connectivity index (χ1n) is 4.49. The van der Waals surface area contributed by atoms with Gasteiger partial charge in [-0.15, -0.1) is 0 Å². The largest absolute Gasteiger partial charge is 0.419 e. The number of Topliss-reactive ketones (excluding diaryl/α,β-unsaturated/α-hetero) is 1. The van der Waals surface area contributed by atoms with Gasteiger partial charge in [-0.3, -0.25) is 4.79 Å². The number of fused-ring (bicyclic) bond motifs is 1. The summed E-state index contributed by atoms with van der Waals surface area (Å²) < 4.78 is 37.5. The van der Waals surface area contributed by atoms with E-state index in [0.717, 1.165) is 6.08 Å². The molecule has 0 saturated heterocycles. The molecule has 0 spiro atoms. The number of benzene rings is 1. The van der Waals surface area contributed by atoms with Gasteiger partial charge in [0.1, 0.15) is 0 Å². The zero-order valence-corrected chi connectivity index (χ0v) is 8.69. The number of halogens is 4. The Balaban J connectivity index is 2.60. The van der Waals surface area contributed by atoms with Crippen LogP contribution in [-0.4, -0.2) is 12.0 Å². The summed E-state index contributed by atoms with van der Waals surface area (Å²) in [7, 11) is 0. The van der Waals surface area contributed by atoms with Crippen LogP contribution in [0.3, 0.4) is 0 Å². The first-order chi connectivity index (χ1) is 7.39. The van der Waals surface area contributed by atoms with Gasteiger partial charge in [0.15, 0.2) is 5.78 Å². The van der Waals surface area contributed by atoms with Crippen LogP contribution < -0.4 is 0 Å². The molecule has 0 atom stereocenters. The lowest BCUT2D eigenvalue weighted by Gasteiger charge is -2.18. The highest BCUT2D eigenvalue weighted by molar-refractivity contribution is 6.32. The Kier molecular flexibility index (Phi) is 2.54. The second kappa shape index (κ2) is 3.63. The Morgan fingerprint density at radius 2 is 1.94 bits per heavy atom. The van der Waals surface area contributed by atoms with Gasteiger partial charge in [-0.2, -0.15) is 13.2 Å². The quantitative estimate of drug-likeness (QED) is 0.686. The fraction of sp³-hybridized carbons (Fsp3) is 0.182. The van der Waals surface area contributed by atoms with E-state index >= 15 is 0 Å². The topological polar surface area (TPSA) is 17.1 Å². The van der Waals surface area contributed by atoms with E-state index in [1.165, 1.54) is 6.07 Å². The molecule has 0 radical (unpaired) electrons. The van der Waals surface area contributed by atoms with E-state index in [9.17, 15) is 18.0 Å². The Morgan fingerprint density at radius 3 is 2.56 bits per heavy atom. The molecule has 0 amide bonds. The fourth-order valence-corrected chi connectivity index (χ4v) is 1.88. The summed E-state index contributed by atoms with van der Waals surface area (Å²) in [4.78, 5) is 11.3. The molecule has 1 aliphatic carbocycles. The zero-order chi connectivity index (χ0) is 11.9. The molecular formula is C11H6ClF3O. The maximum absolute atomic E-state index is 12.5. The van der Waals surface area contributed by atoms with Crippen LogP contribution in [0.1, 0.15) is 11.1 Å². The van der Waals surface area contributed by atoms with Crippen molar-refractivity contribution in [1.29, 1.82) is 0 Å². The lowest BCUT2D eigenvalue weighted by Crippen LogP contribution is -2.24. The normalized spacial score (nSPS) is 15.8. The van der Waals surface area contributed by atoms with Crippen molar-refractivity contribution in [3.63, 3.8) is 0 Å². The maximum Gasteiger partial charge on any atom is 0.419 e. The highest BCUT2D eigenvalue weighted by Crippen LogP contribution is 2.35. The number of hydrogen-bond acceptors (Lipinski definition) is 1. The van der Waals surface area contributed by atoms with E-state index in [1.54, 1.807) is 12.1 Å². The van der Waals surface area contributed by atoms with Crippen LogP contribution in [0.15, 0.2) is 23.8 Å². The smallest absolute Gasteiger partial charge is 0.294 e. The molecule has 1 nitrogen and oxygen atoms in total. The van der Waals surface area contributed by atoms with Crippen LogP contribution in [0.4, 0.5) is 13.2 Å². The number of rotatable bonds is 0. The standard InChI is InChI=1S/C11H6ClF3O/c12-9-3-1-2-6-4-10(16)8(5-7(6)9)11(13,14)15/h1-3,5H,4H2. The highest BCUT2D eigenvalue weighted by Gasteiger charge is 2.40. The molecular weight excluding hydrogens is 241 g/mol. The number of carbonyl (C=O) groups excluding carboxylic acids is 1. The third-order valence-corrected chi connectivity index (χ3v) is 2.72. The minimum atomic E-state index is -4.62. The first-order valence-corrected chi connectivity index (χ1v) is 4.87. The summed E-state index contributed by atoms with van der Waals surface area (Å²) in [5.74, 6) is -0.915. The van der Waals surface area contributed by atoms with E-state index < -0.39 is 17.5 Å². The summed E-state index contributed by atoms with van der Waals surface area (Å²) in [6.45, 7) is 0. The van der Waals surface area contributed by atoms with Gasteiger partial charge in [0.2, 0.25) is 0 Å². The van der Waals surface area contributed by atoms with E-state index in [-0.39, 0.29) is 17.0 Å². The van der Waals surface area contributed by atoms with Gasteiger partial charge >= 0.3 is 6.18 Å². The van der Waals surface area contributed by atoms with Crippen LogP contribution in [0.5, 0.6) is 0 Å². The third kappa shape index (κ3) is 1.85. The van der Waals surface area contributed by atoms with Gasteiger partial charge in [-0.05, 0) is 23.3 Å². The van der Waals surface area contributed by atoms with Gasteiger partial charge in [-0.1, -0.05) is 23.7 Å². The molecule has 1 aliphatic rings. The summed E-state index contributed by atoms with van der Waals surface area (Å²) in [5, 5.41) is 0.228. The summed E-state index contributed by atoms with van der Waals surface area (Å²) in [6.07, 6.45) is -4.04. The Bertz CT molecular complexity index is 488. The predicted molar refractivity (Wildman–Crippen MR) is 54.2 cm³/mol. The number of ketones is 1. The van der Waals surface area contributed by atoms with E-state index in [0.29, 0.717) is 5.56 Å². The average Bonchev–Trinajstić information content (AvgIpc) is 2.15. The number of allylic oxidation sites excluding steroid dienone is 1.